The molecule has 4 nitrogen and oxygen atoms in total. The predicted molar refractivity (Wildman–Crippen MR) is 108 cm³/mol. The van der Waals surface area contributed by atoms with Crippen LogP contribution < -0.4 is 10.2 Å². The Morgan fingerprint density at radius 2 is 1.75 bits per heavy atom. The third-order valence-corrected chi connectivity index (χ3v) is 5.29. The van der Waals surface area contributed by atoms with Gasteiger partial charge in [-0.05, 0) is 48.7 Å². The molecule has 0 radical (unpaired) electrons. The van der Waals surface area contributed by atoms with Gasteiger partial charge in [0.15, 0.2) is 0 Å². The monoisotopic (exact) mass is 477 g/mol. The number of nitrogens with one attached hydrogen (secondary N) is 1. The van der Waals surface area contributed by atoms with E-state index >= 15 is 0 Å². The zero-order valence-corrected chi connectivity index (χ0v) is 17.2. The molecule has 1 amide bonds. The number of carbonyl (C=O) groups is 1. The summed E-state index contributed by atoms with van der Waals surface area (Å²) in [5.41, 5.74) is -1.62. The Morgan fingerprint density at radius 1 is 1.06 bits per heavy atom. The molecule has 3 rings (SSSR count). The largest absolute Gasteiger partial charge is 0.417 e. The number of benzene rings is 1. The summed E-state index contributed by atoms with van der Waals surface area (Å²) in [5, 5.41) is 2.35. The molecular weight excluding hydrogens is 460 g/mol. The molecule has 0 unspecified atom stereocenters. The molecule has 1 aliphatic heterocycles. The van der Waals surface area contributed by atoms with Crippen LogP contribution in [-0.2, 0) is 17.1 Å². The zero-order chi connectivity index (χ0) is 23.5. The van der Waals surface area contributed by atoms with Gasteiger partial charge < -0.3 is 10.2 Å². The number of pyridine rings is 1. The highest BCUT2D eigenvalue weighted by Gasteiger charge is 2.33. The normalized spacial score (nSPS) is 15.9. The first kappa shape index (κ1) is 23.9. The third kappa shape index (κ3) is 6.15. The molecule has 172 valence electrons. The zero-order valence-electron chi connectivity index (χ0n) is 16.5. The van der Waals surface area contributed by atoms with Crippen LogP contribution in [0.4, 0.5) is 32.2 Å². The SMILES string of the molecule is O=C(C=Cc1ccc(Cl)c(C(F)(F)F)c1)NC1CCN(c2ccc(C(F)(F)F)cn2)CC1. The van der Waals surface area contributed by atoms with Crippen LogP contribution >= 0.6 is 11.6 Å². The van der Waals surface area contributed by atoms with E-state index in [4.69, 9.17) is 11.6 Å². The Bertz CT molecular complexity index is 981. The number of hydrogen-bond acceptors (Lipinski definition) is 3. The maximum absolute atomic E-state index is 12.9. The van der Waals surface area contributed by atoms with Crippen LogP contribution in [0.25, 0.3) is 6.08 Å². The lowest BCUT2D eigenvalue weighted by Crippen LogP contribution is -2.44. The van der Waals surface area contributed by atoms with Crippen molar-refractivity contribution in [2.24, 2.45) is 0 Å². The molecule has 1 fully saturated rings. The van der Waals surface area contributed by atoms with Gasteiger partial charge in [-0.15, -0.1) is 0 Å². The number of aromatic nitrogens is 1. The summed E-state index contributed by atoms with van der Waals surface area (Å²) in [4.78, 5) is 17.8. The van der Waals surface area contributed by atoms with Crippen molar-refractivity contribution in [1.82, 2.24) is 10.3 Å². The lowest BCUT2D eigenvalue weighted by molar-refractivity contribution is -0.138. The Kier molecular flexibility index (Phi) is 7.02. The lowest BCUT2D eigenvalue weighted by Gasteiger charge is -2.33. The highest BCUT2D eigenvalue weighted by atomic mass is 35.5. The second kappa shape index (κ2) is 9.40. The first-order valence-corrected chi connectivity index (χ1v) is 9.95. The van der Waals surface area contributed by atoms with Crippen LogP contribution in [0.15, 0.2) is 42.6 Å². The fourth-order valence-electron chi connectivity index (χ4n) is 3.28. The number of carbonyl (C=O) groups excluding carboxylic acids is 1. The second-order valence-corrected chi connectivity index (χ2v) is 7.65. The number of hydrogen-bond donors (Lipinski definition) is 1. The fraction of sp³-hybridized carbons (Fsp3) is 0.333. The van der Waals surface area contributed by atoms with Crippen LogP contribution in [0, 0.1) is 0 Å². The number of anilines is 1. The molecule has 1 saturated heterocycles. The Labute approximate surface area is 184 Å². The van der Waals surface area contributed by atoms with Crippen molar-refractivity contribution < 1.29 is 31.1 Å². The van der Waals surface area contributed by atoms with Gasteiger partial charge in [0.25, 0.3) is 0 Å². The summed E-state index contributed by atoms with van der Waals surface area (Å²) < 4.78 is 76.7. The van der Waals surface area contributed by atoms with Gasteiger partial charge in [-0.3, -0.25) is 4.79 Å². The highest BCUT2D eigenvalue weighted by molar-refractivity contribution is 6.31. The molecule has 0 aliphatic carbocycles. The molecule has 1 aliphatic rings. The van der Waals surface area contributed by atoms with E-state index in [1.54, 1.807) is 0 Å². The van der Waals surface area contributed by atoms with Crippen molar-refractivity contribution in [2.45, 2.75) is 31.2 Å². The van der Waals surface area contributed by atoms with Crippen LogP contribution in [0.1, 0.15) is 29.5 Å². The van der Waals surface area contributed by atoms with Crippen molar-refractivity contribution in [3.63, 3.8) is 0 Å². The second-order valence-electron chi connectivity index (χ2n) is 7.24. The minimum Gasteiger partial charge on any atom is -0.356 e. The van der Waals surface area contributed by atoms with Gasteiger partial charge >= 0.3 is 12.4 Å². The van der Waals surface area contributed by atoms with E-state index in [1.807, 2.05) is 4.90 Å². The summed E-state index contributed by atoms with van der Waals surface area (Å²) in [6, 6.07) is 5.47. The van der Waals surface area contributed by atoms with Gasteiger partial charge in [0.2, 0.25) is 5.91 Å². The van der Waals surface area contributed by atoms with Gasteiger partial charge in [-0.25, -0.2) is 4.98 Å². The molecule has 0 saturated carbocycles. The van der Waals surface area contributed by atoms with Crippen LogP contribution in [0.3, 0.4) is 0 Å². The predicted octanol–water partition coefficient (Wildman–Crippen LogP) is 5.57. The maximum Gasteiger partial charge on any atom is 0.417 e. The van der Waals surface area contributed by atoms with Crippen molar-refractivity contribution >= 4 is 29.4 Å². The maximum atomic E-state index is 12.9. The molecule has 32 heavy (non-hydrogen) atoms. The lowest BCUT2D eigenvalue weighted by atomic mass is 10.0. The number of piperidine rings is 1. The van der Waals surface area contributed by atoms with Crippen molar-refractivity contribution in [1.29, 1.82) is 0 Å². The van der Waals surface area contributed by atoms with Crippen LogP contribution in [-0.4, -0.2) is 30.0 Å². The summed E-state index contributed by atoms with van der Waals surface area (Å²) >= 11 is 5.57. The molecule has 0 atom stereocenters. The summed E-state index contributed by atoms with van der Waals surface area (Å²) in [6.45, 7) is 0.971. The van der Waals surface area contributed by atoms with Gasteiger partial charge in [0, 0.05) is 31.4 Å². The number of amides is 1. The molecule has 0 bridgehead atoms. The standard InChI is InChI=1S/C21H18ClF6N3O/c22-17-4-1-13(11-16(17)21(26,27)28)2-6-19(32)30-15-7-9-31(10-8-15)18-5-3-14(12-29-18)20(23,24)25/h1-6,11-12,15H,7-10H2,(H,30,32). The molecule has 11 heteroatoms. The van der Waals surface area contributed by atoms with Crippen molar-refractivity contribution in [2.75, 3.05) is 18.0 Å². The average molecular weight is 478 g/mol. The average Bonchev–Trinajstić information content (AvgIpc) is 2.72. The first-order chi connectivity index (χ1) is 14.9. The van der Waals surface area contributed by atoms with E-state index in [1.165, 1.54) is 18.2 Å². The molecule has 1 aromatic heterocycles. The van der Waals surface area contributed by atoms with Crippen LogP contribution in [0.2, 0.25) is 5.02 Å². The Morgan fingerprint density at radius 3 is 2.31 bits per heavy atom. The minimum atomic E-state index is -4.60. The number of nitrogens with zero attached hydrogens (tertiary/aromatic N) is 2. The minimum absolute atomic E-state index is 0.172. The number of alkyl halides is 6. The van der Waals surface area contributed by atoms with E-state index in [2.05, 4.69) is 10.3 Å². The number of halogens is 7. The molecule has 0 spiro atoms. The molecule has 1 N–H and O–H groups in total. The van der Waals surface area contributed by atoms with E-state index in [-0.39, 0.29) is 11.6 Å². The summed E-state index contributed by atoms with van der Waals surface area (Å²) in [6.07, 6.45) is -4.76. The van der Waals surface area contributed by atoms with Gasteiger partial charge in [0.05, 0.1) is 16.1 Å². The van der Waals surface area contributed by atoms with E-state index in [0.717, 1.165) is 30.5 Å². The fourth-order valence-corrected chi connectivity index (χ4v) is 3.50. The highest BCUT2D eigenvalue weighted by Crippen LogP contribution is 2.35. The molecule has 1 aromatic carbocycles. The number of rotatable bonds is 4. The first-order valence-electron chi connectivity index (χ1n) is 9.57. The summed E-state index contributed by atoms with van der Waals surface area (Å²) in [7, 11) is 0. The third-order valence-electron chi connectivity index (χ3n) is 4.96. The van der Waals surface area contributed by atoms with Gasteiger partial charge in [0.1, 0.15) is 5.82 Å². The Hall–Kier alpha value is -2.75. The molecule has 2 heterocycles. The van der Waals surface area contributed by atoms with E-state index < -0.39 is 34.4 Å². The van der Waals surface area contributed by atoms with Gasteiger partial charge in [-0.1, -0.05) is 17.7 Å². The molecular formula is C21H18ClF6N3O. The Balaban J connectivity index is 1.53. The smallest absolute Gasteiger partial charge is 0.356 e. The summed E-state index contributed by atoms with van der Waals surface area (Å²) in [5.74, 6) is -0.0366. The van der Waals surface area contributed by atoms with Crippen molar-refractivity contribution in [3.8, 4) is 0 Å². The van der Waals surface area contributed by atoms with Crippen LogP contribution in [0.5, 0.6) is 0 Å². The topological polar surface area (TPSA) is 45.2 Å². The van der Waals surface area contributed by atoms with Gasteiger partial charge in [-0.2, -0.15) is 26.3 Å². The van der Waals surface area contributed by atoms with E-state index in [9.17, 15) is 31.1 Å². The van der Waals surface area contributed by atoms with Crippen molar-refractivity contribution in [3.05, 3.63) is 64.3 Å². The molecule has 2 aromatic rings. The quantitative estimate of drug-likeness (QED) is 0.462. The van der Waals surface area contributed by atoms with E-state index in [0.29, 0.717) is 31.7 Å².